The molecular weight excluding hydrogens is 425 g/mol. The van der Waals surface area contributed by atoms with Gasteiger partial charge in [-0.1, -0.05) is 41.9 Å². The first kappa shape index (κ1) is 21.5. The number of rotatable bonds is 5. The van der Waals surface area contributed by atoms with Crippen molar-refractivity contribution < 1.29 is 17.9 Å². The third-order valence-corrected chi connectivity index (χ3v) is 5.61. The SMILES string of the molecule is FC(F)(F)c1ccccc1Oc1ccc(CNc2c(Cl)ccc3c2CCNCC3)cc1. The van der Waals surface area contributed by atoms with Crippen molar-refractivity contribution in [3.63, 3.8) is 0 Å². The summed E-state index contributed by atoms with van der Waals surface area (Å²) in [7, 11) is 0. The van der Waals surface area contributed by atoms with E-state index >= 15 is 0 Å². The smallest absolute Gasteiger partial charge is 0.419 e. The van der Waals surface area contributed by atoms with Gasteiger partial charge in [-0.2, -0.15) is 13.2 Å². The number of hydrogen-bond donors (Lipinski definition) is 2. The van der Waals surface area contributed by atoms with Crippen LogP contribution in [0.4, 0.5) is 18.9 Å². The van der Waals surface area contributed by atoms with Crippen LogP contribution in [0.2, 0.25) is 5.02 Å². The summed E-state index contributed by atoms with van der Waals surface area (Å²) in [6, 6.07) is 16.2. The molecule has 3 aromatic carbocycles. The van der Waals surface area contributed by atoms with Crippen molar-refractivity contribution in [3.8, 4) is 11.5 Å². The molecule has 0 atom stereocenters. The highest BCUT2D eigenvalue weighted by Crippen LogP contribution is 2.38. The highest BCUT2D eigenvalue weighted by molar-refractivity contribution is 6.33. The van der Waals surface area contributed by atoms with E-state index in [1.54, 1.807) is 12.1 Å². The minimum Gasteiger partial charge on any atom is -0.457 e. The van der Waals surface area contributed by atoms with Crippen LogP contribution in [-0.4, -0.2) is 13.1 Å². The number of fused-ring (bicyclic) bond motifs is 1. The van der Waals surface area contributed by atoms with E-state index in [-0.39, 0.29) is 5.75 Å². The first-order valence-corrected chi connectivity index (χ1v) is 10.5. The number of anilines is 1. The molecule has 3 nitrogen and oxygen atoms in total. The van der Waals surface area contributed by atoms with Crippen molar-refractivity contribution in [2.24, 2.45) is 0 Å². The second kappa shape index (κ2) is 9.20. The number of hydrogen-bond acceptors (Lipinski definition) is 3. The van der Waals surface area contributed by atoms with Crippen LogP contribution in [-0.2, 0) is 25.6 Å². The Morgan fingerprint density at radius 1 is 0.935 bits per heavy atom. The lowest BCUT2D eigenvalue weighted by molar-refractivity contribution is -0.138. The summed E-state index contributed by atoms with van der Waals surface area (Å²) in [5.41, 5.74) is 3.65. The van der Waals surface area contributed by atoms with Crippen LogP contribution in [0.25, 0.3) is 0 Å². The van der Waals surface area contributed by atoms with Gasteiger partial charge in [0.25, 0.3) is 0 Å². The third-order valence-electron chi connectivity index (χ3n) is 5.29. The number of halogens is 4. The fraction of sp³-hybridized carbons (Fsp3) is 0.250. The number of nitrogens with one attached hydrogen (secondary N) is 2. The summed E-state index contributed by atoms with van der Waals surface area (Å²) >= 11 is 6.45. The van der Waals surface area contributed by atoms with Crippen molar-refractivity contribution in [2.75, 3.05) is 18.4 Å². The molecule has 1 heterocycles. The second-order valence-corrected chi connectivity index (χ2v) is 7.81. The Morgan fingerprint density at radius 2 is 1.68 bits per heavy atom. The van der Waals surface area contributed by atoms with Gasteiger partial charge in [-0.05, 0) is 73.0 Å². The van der Waals surface area contributed by atoms with Crippen molar-refractivity contribution >= 4 is 17.3 Å². The zero-order valence-corrected chi connectivity index (χ0v) is 17.5. The van der Waals surface area contributed by atoms with E-state index in [0.29, 0.717) is 17.3 Å². The predicted octanol–water partition coefficient (Wildman–Crippen LogP) is 6.45. The van der Waals surface area contributed by atoms with E-state index in [2.05, 4.69) is 16.7 Å². The molecule has 0 spiro atoms. The van der Waals surface area contributed by atoms with E-state index in [0.717, 1.165) is 43.2 Å². The lowest BCUT2D eigenvalue weighted by atomic mass is 10.0. The number of benzene rings is 3. The van der Waals surface area contributed by atoms with Crippen LogP contribution in [0.1, 0.15) is 22.3 Å². The Bertz CT molecular complexity index is 1050. The summed E-state index contributed by atoms with van der Waals surface area (Å²) in [6.07, 6.45) is -2.60. The highest BCUT2D eigenvalue weighted by Gasteiger charge is 2.34. The normalized spacial score (nSPS) is 13.9. The molecule has 1 aliphatic rings. The topological polar surface area (TPSA) is 33.3 Å². The van der Waals surface area contributed by atoms with Gasteiger partial charge in [0.05, 0.1) is 16.3 Å². The summed E-state index contributed by atoms with van der Waals surface area (Å²) in [5, 5.41) is 7.52. The minimum absolute atomic E-state index is 0.215. The average molecular weight is 447 g/mol. The molecule has 0 radical (unpaired) electrons. The van der Waals surface area contributed by atoms with Crippen LogP contribution in [0, 0.1) is 0 Å². The zero-order valence-electron chi connectivity index (χ0n) is 16.7. The maximum Gasteiger partial charge on any atom is 0.419 e. The van der Waals surface area contributed by atoms with Crippen LogP contribution in [0.15, 0.2) is 60.7 Å². The molecule has 3 aromatic rings. The quantitative estimate of drug-likeness (QED) is 0.472. The van der Waals surface area contributed by atoms with Crippen LogP contribution < -0.4 is 15.4 Å². The van der Waals surface area contributed by atoms with Gasteiger partial charge in [0.2, 0.25) is 0 Å². The lowest BCUT2D eigenvalue weighted by Gasteiger charge is -2.17. The van der Waals surface area contributed by atoms with Gasteiger partial charge in [0.15, 0.2) is 0 Å². The first-order valence-electron chi connectivity index (χ1n) is 10.1. The fourth-order valence-corrected chi connectivity index (χ4v) is 3.96. The molecule has 4 rings (SSSR count). The number of para-hydroxylation sites is 1. The average Bonchev–Trinajstić information content (AvgIpc) is 2.99. The van der Waals surface area contributed by atoms with Gasteiger partial charge in [0.1, 0.15) is 11.5 Å². The lowest BCUT2D eigenvalue weighted by Crippen LogP contribution is -2.16. The molecule has 0 aliphatic carbocycles. The summed E-state index contributed by atoms with van der Waals surface area (Å²) < 4.78 is 44.9. The molecule has 2 N–H and O–H groups in total. The Kier molecular flexibility index (Phi) is 6.39. The monoisotopic (exact) mass is 446 g/mol. The molecule has 0 aromatic heterocycles. The number of ether oxygens (including phenoxy) is 1. The molecule has 0 amide bonds. The number of alkyl halides is 3. The minimum atomic E-state index is -4.47. The standard InChI is InChI=1S/C24H22ClF3N2O/c25-21-10-7-17-11-13-29-14-12-19(17)23(21)30-15-16-5-8-18(9-6-16)31-22-4-2-1-3-20(22)24(26,27)28/h1-10,29-30H,11-15H2. The maximum absolute atomic E-state index is 13.2. The first-order chi connectivity index (χ1) is 14.9. The molecule has 31 heavy (non-hydrogen) atoms. The van der Waals surface area contributed by atoms with E-state index < -0.39 is 11.7 Å². The van der Waals surface area contributed by atoms with E-state index in [9.17, 15) is 13.2 Å². The van der Waals surface area contributed by atoms with E-state index in [1.165, 1.54) is 29.3 Å². The Hall–Kier alpha value is -2.70. The zero-order chi connectivity index (χ0) is 21.8. The van der Waals surface area contributed by atoms with Crippen molar-refractivity contribution in [3.05, 3.63) is 87.9 Å². The largest absolute Gasteiger partial charge is 0.457 e. The van der Waals surface area contributed by atoms with E-state index in [1.807, 2.05) is 18.2 Å². The Morgan fingerprint density at radius 3 is 2.45 bits per heavy atom. The van der Waals surface area contributed by atoms with E-state index in [4.69, 9.17) is 16.3 Å². The molecule has 7 heteroatoms. The van der Waals surface area contributed by atoms with Crippen molar-refractivity contribution in [1.82, 2.24) is 5.32 Å². The third kappa shape index (κ3) is 5.14. The summed E-state index contributed by atoms with van der Waals surface area (Å²) in [5.74, 6) is 0.131. The summed E-state index contributed by atoms with van der Waals surface area (Å²) in [6.45, 7) is 2.41. The molecule has 0 unspecified atom stereocenters. The van der Waals surface area contributed by atoms with Crippen LogP contribution in [0.5, 0.6) is 11.5 Å². The molecule has 0 bridgehead atoms. The Labute approximate surface area is 184 Å². The van der Waals surface area contributed by atoms with Gasteiger partial charge in [-0.15, -0.1) is 0 Å². The van der Waals surface area contributed by atoms with Crippen LogP contribution >= 0.6 is 11.6 Å². The Balaban J connectivity index is 1.46. The van der Waals surface area contributed by atoms with Gasteiger partial charge in [-0.25, -0.2) is 0 Å². The highest BCUT2D eigenvalue weighted by atomic mass is 35.5. The fourth-order valence-electron chi connectivity index (χ4n) is 3.72. The van der Waals surface area contributed by atoms with Gasteiger partial charge >= 0.3 is 6.18 Å². The van der Waals surface area contributed by atoms with Gasteiger partial charge in [0, 0.05) is 6.54 Å². The molecular formula is C24H22ClF3N2O. The molecule has 162 valence electrons. The molecule has 0 fully saturated rings. The molecule has 0 saturated carbocycles. The van der Waals surface area contributed by atoms with Gasteiger partial charge < -0.3 is 15.4 Å². The van der Waals surface area contributed by atoms with Gasteiger partial charge in [-0.3, -0.25) is 0 Å². The molecule has 1 aliphatic heterocycles. The van der Waals surface area contributed by atoms with Crippen molar-refractivity contribution in [2.45, 2.75) is 25.6 Å². The summed E-state index contributed by atoms with van der Waals surface area (Å²) in [4.78, 5) is 0. The maximum atomic E-state index is 13.2. The van der Waals surface area contributed by atoms with Crippen molar-refractivity contribution in [1.29, 1.82) is 0 Å². The van der Waals surface area contributed by atoms with Crippen LogP contribution in [0.3, 0.4) is 0 Å². The molecule has 0 saturated heterocycles. The predicted molar refractivity (Wildman–Crippen MR) is 117 cm³/mol. The second-order valence-electron chi connectivity index (χ2n) is 7.40.